The van der Waals surface area contributed by atoms with Crippen LogP contribution in [0.25, 0.3) is 10.9 Å². The number of H-pyrrole nitrogens is 1. The SMILES string of the molecule is CCOC(=O)CNC=O.O=C(O)c1cc2c(Cl)cc(Cl)cc2[nH]1. The Morgan fingerprint density at radius 2 is 2.04 bits per heavy atom. The van der Waals surface area contributed by atoms with Crippen LogP contribution in [-0.2, 0) is 14.3 Å². The van der Waals surface area contributed by atoms with Gasteiger partial charge in [0.05, 0.1) is 11.6 Å². The van der Waals surface area contributed by atoms with Crippen LogP contribution < -0.4 is 5.32 Å². The monoisotopic (exact) mass is 360 g/mol. The van der Waals surface area contributed by atoms with Crippen LogP contribution in [0, 0.1) is 0 Å². The summed E-state index contributed by atoms with van der Waals surface area (Å²) in [6.07, 6.45) is 0.455. The highest BCUT2D eigenvalue weighted by Crippen LogP contribution is 2.28. The molecule has 0 aliphatic heterocycles. The second kappa shape index (κ2) is 9.02. The van der Waals surface area contributed by atoms with Gasteiger partial charge in [-0.15, -0.1) is 0 Å². The van der Waals surface area contributed by atoms with Gasteiger partial charge in [0.25, 0.3) is 0 Å². The van der Waals surface area contributed by atoms with Crippen LogP contribution in [0.4, 0.5) is 0 Å². The van der Waals surface area contributed by atoms with E-state index in [1.807, 2.05) is 0 Å². The number of rotatable bonds is 5. The molecule has 1 amide bonds. The maximum Gasteiger partial charge on any atom is 0.352 e. The van der Waals surface area contributed by atoms with Crippen LogP contribution in [0.2, 0.25) is 10.0 Å². The van der Waals surface area contributed by atoms with E-state index in [0.29, 0.717) is 34.0 Å². The van der Waals surface area contributed by atoms with Gasteiger partial charge in [-0.2, -0.15) is 0 Å². The summed E-state index contributed by atoms with van der Waals surface area (Å²) in [4.78, 5) is 33.3. The topological polar surface area (TPSA) is 108 Å². The molecule has 0 radical (unpaired) electrons. The molecule has 0 bridgehead atoms. The number of ether oxygens (including phenoxy) is 1. The third-order valence-electron chi connectivity index (χ3n) is 2.52. The number of fused-ring (bicyclic) bond motifs is 1. The van der Waals surface area contributed by atoms with E-state index < -0.39 is 11.9 Å². The molecule has 0 unspecified atom stereocenters. The lowest BCUT2D eigenvalue weighted by atomic mass is 10.2. The molecule has 0 saturated heterocycles. The van der Waals surface area contributed by atoms with Crippen molar-refractivity contribution in [2.75, 3.05) is 13.2 Å². The van der Waals surface area contributed by atoms with Crippen molar-refractivity contribution in [1.29, 1.82) is 0 Å². The third kappa shape index (κ3) is 5.80. The summed E-state index contributed by atoms with van der Waals surface area (Å²) in [5, 5.41) is 12.5. The first-order valence-electron chi connectivity index (χ1n) is 6.42. The number of benzene rings is 1. The summed E-state index contributed by atoms with van der Waals surface area (Å²) >= 11 is 11.6. The Kier molecular flexibility index (Phi) is 7.37. The molecule has 1 aromatic heterocycles. The minimum absolute atomic E-state index is 0.0443. The number of hydrogen-bond acceptors (Lipinski definition) is 4. The van der Waals surface area contributed by atoms with Gasteiger partial charge in [-0.25, -0.2) is 4.79 Å². The van der Waals surface area contributed by atoms with Crippen molar-refractivity contribution < 1.29 is 24.2 Å². The molecule has 3 N–H and O–H groups in total. The van der Waals surface area contributed by atoms with Crippen molar-refractivity contribution in [2.24, 2.45) is 0 Å². The third-order valence-corrected chi connectivity index (χ3v) is 3.05. The summed E-state index contributed by atoms with van der Waals surface area (Å²) in [6.45, 7) is 2.01. The lowest BCUT2D eigenvalue weighted by Crippen LogP contribution is -2.23. The number of aromatic carboxylic acids is 1. The number of carboxylic acid groups (broad SMARTS) is 1. The van der Waals surface area contributed by atoms with Gasteiger partial charge in [-0.1, -0.05) is 23.2 Å². The maximum atomic E-state index is 10.7. The molecule has 0 aliphatic rings. The number of aromatic nitrogens is 1. The van der Waals surface area contributed by atoms with E-state index in [0.717, 1.165) is 0 Å². The summed E-state index contributed by atoms with van der Waals surface area (Å²) in [5.74, 6) is -1.43. The predicted molar refractivity (Wildman–Crippen MR) is 86.0 cm³/mol. The van der Waals surface area contributed by atoms with Gasteiger partial charge in [0, 0.05) is 15.9 Å². The van der Waals surface area contributed by atoms with E-state index in [1.165, 1.54) is 6.07 Å². The minimum atomic E-state index is -1.02. The Bertz CT molecular complexity index is 715. The first-order valence-corrected chi connectivity index (χ1v) is 7.18. The molecule has 2 aromatic rings. The van der Waals surface area contributed by atoms with Gasteiger partial charge in [-0.05, 0) is 25.1 Å². The number of carbonyl (C=O) groups is 3. The summed E-state index contributed by atoms with van der Waals surface area (Å²) in [7, 11) is 0. The average Bonchev–Trinajstić information content (AvgIpc) is 2.90. The first kappa shape index (κ1) is 18.8. The molecule has 0 saturated carbocycles. The van der Waals surface area contributed by atoms with Gasteiger partial charge >= 0.3 is 11.9 Å². The van der Waals surface area contributed by atoms with E-state index in [2.05, 4.69) is 15.0 Å². The Labute approximate surface area is 141 Å². The minimum Gasteiger partial charge on any atom is -0.477 e. The van der Waals surface area contributed by atoms with Crippen LogP contribution in [0.15, 0.2) is 18.2 Å². The van der Waals surface area contributed by atoms with Crippen LogP contribution in [-0.4, -0.2) is 41.6 Å². The molecular weight excluding hydrogens is 347 g/mol. The molecule has 2 rings (SSSR count). The normalized spacial score (nSPS) is 9.70. The lowest BCUT2D eigenvalue weighted by Gasteiger charge is -1.97. The van der Waals surface area contributed by atoms with E-state index in [1.54, 1.807) is 19.1 Å². The molecular formula is C14H14Cl2N2O5. The number of amides is 1. The molecule has 0 spiro atoms. The average molecular weight is 361 g/mol. The van der Waals surface area contributed by atoms with E-state index >= 15 is 0 Å². The fourth-order valence-corrected chi connectivity index (χ4v) is 2.16. The first-order chi connectivity index (χ1) is 10.9. The Morgan fingerprint density at radius 1 is 1.35 bits per heavy atom. The van der Waals surface area contributed by atoms with E-state index in [9.17, 15) is 14.4 Å². The molecule has 0 atom stereocenters. The Balaban J connectivity index is 0.000000257. The van der Waals surface area contributed by atoms with Crippen molar-refractivity contribution in [3.63, 3.8) is 0 Å². The highest BCUT2D eigenvalue weighted by Gasteiger charge is 2.10. The molecule has 124 valence electrons. The summed E-state index contributed by atoms with van der Waals surface area (Å²) < 4.78 is 4.48. The molecule has 0 fully saturated rings. The number of esters is 1. The van der Waals surface area contributed by atoms with Gasteiger partial charge in [0.15, 0.2) is 0 Å². The number of nitrogens with one attached hydrogen (secondary N) is 2. The van der Waals surface area contributed by atoms with Gasteiger partial charge in [-0.3, -0.25) is 9.59 Å². The summed E-state index contributed by atoms with van der Waals surface area (Å²) in [6, 6.07) is 4.69. The quantitative estimate of drug-likeness (QED) is 0.560. The Hall–Kier alpha value is -2.25. The number of carboxylic acids is 1. The van der Waals surface area contributed by atoms with Crippen molar-refractivity contribution in [3.05, 3.63) is 33.9 Å². The molecule has 23 heavy (non-hydrogen) atoms. The van der Waals surface area contributed by atoms with E-state index in [-0.39, 0.29) is 12.2 Å². The van der Waals surface area contributed by atoms with Gasteiger partial charge < -0.3 is 20.1 Å². The molecule has 1 aromatic carbocycles. The molecule has 0 aliphatic carbocycles. The largest absolute Gasteiger partial charge is 0.477 e. The fourth-order valence-electron chi connectivity index (χ4n) is 1.61. The van der Waals surface area contributed by atoms with Gasteiger partial charge in [0.1, 0.15) is 12.2 Å². The van der Waals surface area contributed by atoms with Crippen molar-refractivity contribution in [1.82, 2.24) is 10.3 Å². The van der Waals surface area contributed by atoms with Gasteiger partial charge in [0.2, 0.25) is 6.41 Å². The summed E-state index contributed by atoms with van der Waals surface area (Å²) in [5.41, 5.74) is 0.726. The van der Waals surface area contributed by atoms with Crippen LogP contribution in [0.3, 0.4) is 0 Å². The molecule has 1 heterocycles. The van der Waals surface area contributed by atoms with Crippen LogP contribution in [0.1, 0.15) is 17.4 Å². The maximum absolute atomic E-state index is 10.7. The second-order valence-corrected chi connectivity index (χ2v) is 4.98. The number of hydrogen-bond donors (Lipinski definition) is 3. The zero-order chi connectivity index (χ0) is 17.4. The molecule has 7 nitrogen and oxygen atoms in total. The highest BCUT2D eigenvalue weighted by molar-refractivity contribution is 6.38. The van der Waals surface area contributed by atoms with Crippen molar-refractivity contribution in [2.45, 2.75) is 6.92 Å². The van der Waals surface area contributed by atoms with E-state index in [4.69, 9.17) is 28.3 Å². The zero-order valence-electron chi connectivity index (χ0n) is 12.1. The number of aromatic amines is 1. The van der Waals surface area contributed by atoms with Crippen LogP contribution in [0.5, 0.6) is 0 Å². The number of carbonyl (C=O) groups excluding carboxylic acids is 2. The smallest absolute Gasteiger partial charge is 0.352 e. The Morgan fingerprint density at radius 3 is 2.61 bits per heavy atom. The lowest BCUT2D eigenvalue weighted by molar-refractivity contribution is -0.142. The second-order valence-electron chi connectivity index (χ2n) is 4.14. The molecule has 9 heteroatoms. The highest BCUT2D eigenvalue weighted by atomic mass is 35.5. The zero-order valence-corrected chi connectivity index (χ0v) is 13.6. The fraction of sp³-hybridized carbons (Fsp3) is 0.214. The number of halogens is 2. The standard InChI is InChI=1S/C9H5Cl2NO2.C5H9NO3/c10-4-1-6(11)5-3-8(9(13)14)12-7(5)2-4;1-2-9-5(8)3-6-4-7/h1-3,12H,(H,13,14);4H,2-3H2,1H3,(H,6,7). The van der Waals surface area contributed by atoms with Crippen LogP contribution >= 0.6 is 23.2 Å². The predicted octanol–water partition coefficient (Wildman–Crippen LogP) is 2.47. The van der Waals surface area contributed by atoms with Crippen molar-refractivity contribution >= 4 is 52.5 Å². The van der Waals surface area contributed by atoms with Crippen molar-refractivity contribution in [3.8, 4) is 0 Å².